The van der Waals surface area contributed by atoms with Gasteiger partial charge in [0.25, 0.3) is 0 Å². The van der Waals surface area contributed by atoms with Crippen LogP contribution < -0.4 is 10.5 Å². The zero-order chi connectivity index (χ0) is 10.7. The number of benzene rings is 1. The van der Waals surface area contributed by atoms with Crippen molar-refractivity contribution in [2.24, 2.45) is 5.73 Å². The largest absolute Gasteiger partial charge is 0.494 e. The van der Waals surface area contributed by atoms with Gasteiger partial charge in [-0.3, -0.25) is 0 Å². The van der Waals surface area contributed by atoms with Crippen LogP contribution in [0.1, 0.15) is 12.5 Å². The van der Waals surface area contributed by atoms with Crippen molar-refractivity contribution in [2.75, 3.05) is 26.4 Å². The lowest BCUT2D eigenvalue weighted by Crippen LogP contribution is -2.52. The first kappa shape index (κ1) is 10.5. The summed E-state index contributed by atoms with van der Waals surface area (Å²) in [6.45, 7) is 4.79. The second-order valence-corrected chi connectivity index (χ2v) is 3.93. The third-order valence-corrected chi connectivity index (χ3v) is 2.93. The lowest BCUT2D eigenvalue weighted by Gasteiger charge is -2.41. The maximum atomic E-state index is 5.79. The Kier molecular flexibility index (Phi) is 2.93. The molecule has 1 aromatic rings. The van der Waals surface area contributed by atoms with Crippen LogP contribution >= 0.6 is 0 Å². The Balaban J connectivity index is 2.15. The van der Waals surface area contributed by atoms with E-state index in [2.05, 4.69) is 12.1 Å². The first-order chi connectivity index (χ1) is 7.30. The minimum atomic E-state index is 0.0464. The first-order valence-electron chi connectivity index (χ1n) is 5.32. The Morgan fingerprint density at radius 3 is 2.40 bits per heavy atom. The fourth-order valence-corrected chi connectivity index (χ4v) is 1.82. The number of hydrogen-bond acceptors (Lipinski definition) is 3. The molecular weight excluding hydrogens is 190 g/mol. The lowest BCUT2D eigenvalue weighted by molar-refractivity contribution is -0.0550. The SMILES string of the molecule is CCOc1ccc(C2(CN)COC2)cc1. The number of ether oxygens (including phenoxy) is 2. The maximum absolute atomic E-state index is 5.79. The maximum Gasteiger partial charge on any atom is 0.119 e. The van der Waals surface area contributed by atoms with Gasteiger partial charge in [0.05, 0.1) is 25.2 Å². The van der Waals surface area contributed by atoms with Gasteiger partial charge in [-0.25, -0.2) is 0 Å². The summed E-state index contributed by atoms with van der Waals surface area (Å²) in [6, 6.07) is 8.16. The quantitative estimate of drug-likeness (QED) is 0.809. The van der Waals surface area contributed by atoms with Crippen molar-refractivity contribution >= 4 is 0 Å². The number of nitrogens with two attached hydrogens (primary N) is 1. The molecule has 82 valence electrons. The Morgan fingerprint density at radius 2 is 2.00 bits per heavy atom. The van der Waals surface area contributed by atoms with Crippen molar-refractivity contribution in [3.63, 3.8) is 0 Å². The molecule has 0 aliphatic carbocycles. The standard InChI is InChI=1S/C12H17NO2/c1-2-15-11-5-3-10(4-6-11)12(7-13)8-14-9-12/h3-6H,2,7-9,13H2,1H3. The molecule has 0 unspecified atom stereocenters. The highest BCUT2D eigenvalue weighted by Crippen LogP contribution is 2.32. The van der Waals surface area contributed by atoms with Crippen LogP contribution in [-0.2, 0) is 10.2 Å². The van der Waals surface area contributed by atoms with Gasteiger partial charge in [-0.1, -0.05) is 12.1 Å². The average Bonchev–Trinajstić information content (AvgIpc) is 2.20. The monoisotopic (exact) mass is 207 g/mol. The van der Waals surface area contributed by atoms with E-state index in [1.54, 1.807) is 0 Å². The summed E-state index contributed by atoms with van der Waals surface area (Å²) in [6.07, 6.45) is 0. The molecule has 0 spiro atoms. The van der Waals surface area contributed by atoms with Crippen LogP contribution in [0.25, 0.3) is 0 Å². The predicted octanol–water partition coefficient (Wildman–Crippen LogP) is 1.31. The van der Waals surface area contributed by atoms with Gasteiger partial charge in [0.1, 0.15) is 5.75 Å². The van der Waals surface area contributed by atoms with Crippen LogP contribution in [0.3, 0.4) is 0 Å². The Morgan fingerprint density at radius 1 is 1.33 bits per heavy atom. The molecule has 0 radical (unpaired) electrons. The summed E-state index contributed by atoms with van der Waals surface area (Å²) in [7, 11) is 0. The van der Waals surface area contributed by atoms with E-state index >= 15 is 0 Å². The minimum Gasteiger partial charge on any atom is -0.494 e. The van der Waals surface area contributed by atoms with Gasteiger partial charge < -0.3 is 15.2 Å². The van der Waals surface area contributed by atoms with E-state index < -0.39 is 0 Å². The van der Waals surface area contributed by atoms with E-state index in [1.807, 2.05) is 19.1 Å². The molecule has 0 aromatic heterocycles. The second kappa shape index (κ2) is 4.21. The normalized spacial score (nSPS) is 18.3. The van der Waals surface area contributed by atoms with Gasteiger partial charge in [-0.05, 0) is 24.6 Å². The van der Waals surface area contributed by atoms with Crippen molar-refractivity contribution in [1.82, 2.24) is 0 Å². The smallest absolute Gasteiger partial charge is 0.119 e. The van der Waals surface area contributed by atoms with Crippen molar-refractivity contribution in [3.05, 3.63) is 29.8 Å². The van der Waals surface area contributed by atoms with Gasteiger partial charge >= 0.3 is 0 Å². The summed E-state index contributed by atoms with van der Waals surface area (Å²) in [4.78, 5) is 0. The number of hydrogen-bond donors (Lipinski definition) is 1. The molecule has 1 aliphatic heterocycles. The van der Waals surface area contributed by atoms with Crippen LogP contribution in [0.4, 0.5) is 0 Å². The van der Waals surface area contributed by atoms with Gasteiger partial charge in [-0.2, -0.15) is 0 Å². The Bertz CT molecular complexity index is 311. The van der Waals surface area contributed by atoms with E-state index in [0.29, 0.717) is 13.2 Å². The van der Waals surface area contributed by atoms with Crippen LogP contribution in [0.5, 0.6) is 5.75 Å². The van der Waals surface area contributed by atoms with Gasteiger partial charge in [0.15, 0.2) is 0 Å². The van der Waals surface area contributed by atoms with Gasteiger partial charge in [0, 0.05) is 6.54 Å². The van der Waals surface area contributed by atoms with Crippen LogP contribution in [0.2, 0.25) is 0 Å². The van der Waals surface area contributed by atoms with E-state index in [0.717, 1.165) is 19.0 Å². The molecule has 0 atom stereocenters. The topological polar surface area (TPSA) is 44.5 Å². The molecule has 1 heterocycles. The molecule has 0 bridgehead atoms. The summed E-state index contributed by atoms with van der Waals surface area (Å²) in [5, 5.41) is 0. The molecule has 3 nitrogen and oxygen atoms in total. The van der Waals surface area contributed by atoms with E-state index in [9.17, 15) is 0 Å². The fraction of sp³-hybridized carbons (Fsp3) is 0.500. The molecule has 1 fully saturated rings. The molecule has 3 heteroatoms. The van der Waals surface area contributed by atoms with Crippen LogP contribution in [0, 0.1) is 0 Å². The van der Waals surface area contributed by atoms with E-state index in [1.165, 1.54) is 5.56 Å². The summed E-state index contributed by atoms with van der Waals surface area (Å²) >= 11 is 0. The predicted molar refractivity (Wildman–Crippen MR) is 59.2 cm³/mol. The van der Waals surface area contributed by atoms with E-state index in [4.69, 9.17) is 15.2 Å². The van der Waals surface area contributed by atoms with Crippen molar-refractivity contribution in [1.29, 1.82) is 0 Å². The summed E-state index contributed by atoms with van der Waals surface area (Å²) in [5.41, 5.74) is 7.08. The molecule has 0 amide bonds. The molecule has 1 aromatic carbocycles. The first-order valence-corrected chi connectivity index (χ1v) is 5.32. The van der Waals surface area contributed by atoms with Crippen LogP contribution in [0.15, 0.2) is 24.3 Å². The minimum absolute atomic E-state index is 0.0464. The van der Waals surface area contributed by atoms with Crippen molar-refractivity contribution in [3.8, 4) is 5.75 Å². The summed E-state index contributed by atoms with van der Waals surface area (Å²) in [5.74, 6) is 0.911. The number of rotatable bonds is 4. The fourth-order valence-electron chi connectivity index (χ4n) is 1.82. The molecule has 1 saturated heterocycles. The van der Waals surface area contributed by atoms with Gasteiger partial charge in [0.2, 0.25) is 0 Å². The highest BCUT2D eigenvalue weighted by molar-refractivity contribution is 5.34. The molecular formula is C12H17NO2. The molecule has 15 heavy (non-hydrogen) atoms. The van der Waals surface area contributed by atoms with Crippen molar-refractivity contribution < 1.29 is 9.47 Å². The molecule has 1 aliphatic rings. The zero-order valence-corrected chi connectivity index (χ0v) is 9.03. The Labute approximate surface area is 90.2 Å². The van der Waals surface area contributed by atoms with Crippen LogP contribution in [-0.4, -0.2) is 26.4 Å². The van der Waals surface area contributed by atoms with E-state index in [-0.39, 0.29) is 5.41 Å². The third-order valence-electron chi connectivity index (χ3n) is 2.93. The molecule has 0 saturated carbocycles. The van der Waals surface area contributed by atoms with Gasteiger partial charge in [-0.15, -0.1) is 0 Å². The van der Waals surface area contributed by atoms with Crippen molar-refractivity contribution in [2.45, 2.75) is 12.3 Å². The molecule has 2 N–H and O–H groups in total. The third kappa shape index (κ3) is 1.85. The lowest BCUT2D eigenvalue weighted by atomic mass is 9.79. The second-order valence-electron chi connectivity index (χ2n) is 3.93. The zero-order valence-electron chi connectivity index (χ0n) is 9.03. The highest BCUT2D eigenvalue weighted by atomic mass is 16.5. The summed E-state index contributed by atoms with van der Waals surface area (Å²) < 4.78 is 10.6. The Hall–Kier alpha value is -1.06. The highest BCUT2D eigenvalue weighted by Gasteiger charge is 2.38. The average molecular weight is 207 g/mol. The molecule has 2 rings (SSSR count).